The van der Waals surface area contributed by atoms with Gasteiger partial charge in [-0.25, -0.2) is 0 Å². The van der Waals surface area contributed by atoms with E-state index in [0.717, 1.165) is 6.42 Å². The van der Waals surface area contributed by atoms with E-state index in [-0.39, 0.29) is 6.42 Å². The highest BCUT2D eigenvalue weighted by atomic mass is 16.4. The Morgan fingerprint density at radius 3 is 3.00 bits per heavy atom. The molecule has 2 rings (SSSR count). The van der Waals surface area contributed by atoms with Crippen LogP contribution < -0.4 is 0 Å². The van der Waals surface area contributed by atoms with Crippen molar-refractivity contribution in [1.29, 1.82) is 0 Å². The maximum atomic E-state index is 10.5. The number of aryl methyl sites for hydroxylation is 1. The Morgan fingerprint density at radius 1 is 1.47 bits per heavy atom. The second kappa shape index (κ2) is 3.89. The van der Waals surface area contributed by atoms with Gasteiger partial charge in [-0.3, -0.25) is 4.79 Å². The third-order valence-corrected chi connectivity index (χ3v) is 2.79. The summed E-state index contributed by atoms with van der Waals surface area (Å²) in [6.45, 7) is 2.06. The fourth-order valence-electron chi connectivity index (χ4n) is 1.99. The number of carbonyl (C=O) groups is 1. The van der Waals surface area contributed by atoms with Crippen LogP contribution in [0.5, 0.6) is 0 Å². The largest absolute Gasteiger partial charge is 0.481 e. The minimum absolute atomic E-state index is 0.221. The zero-order valence-corrected chi connectivity index (χ0v) is 8.79. The van der Waals surface area contributed by atoms with E-state index in [1.165, 1.54) is 22.3 Å². The van der Waals surface area contributed by atoms with Gasteiger partial charge in [0, 0.05) is 6.42 Å². The van der Waals surface area contributed by atoms with Crippen molar-refractivity contribution in [3.05, 3.63) is 41.0 Å². The topological polar surface area (TPSA) is 37.3 Å². The maximum absolute atomic E-state index is 10.5. The average molecular weight is 202 g/mol. The first-order valence-corrected chi connectivity index (χ1v) is 5.17. The van der Waals surface area contributed by atoms with Crippen LogP contribution in [0.2, 0.25) is 0 Å². The molecule has 78 valence electrons. The van der Waals surface area contributed by atoms with Crippen molar-refractivity contribution < 1.29 is 9.90 Å². The molecule has 0 aromatic heterocycles. The van der Waals surface area contributed by atoms with Gasteiger partial charge in [-0.15, -0.1) is 0 Å². The summed E-state index contributed by atoms with van der Waals surface area (Å²) in [7, 11) is 0. The number of allylic oxidation sites excluding steroid dienone is 2. The lowest BCUT2D eigenvalue weighted by molar-refractivity contribution is -0.136. The standard InChI is InChI=1S/C13H14O2/c1-9-2-3-10-4-5-11(12(10)8-9)6-7-13(14)15/h2-3,5,8H,4,6-7H2,1H3,(H,14,15). The molecule has 1 aliphatic rings. The first-order chi connectivity index (χ1) is 7.16. The first kappa shape index (κ1) is 9.97. The van der Waals surface area contributed by atoms with Gasteiger partial charge in [0.1, 0.15) is 0 Å². The molecule has 0 aliphatic heterocycles. The van der Waals surface area contributed by atoms with Crippen LogP contribution in [0.1, 0.15) is 29.5 Å². The van der Waals surface area contributed by atoms with Crippen LogP contribution in [-0.2, 0) is 11.2 Å². The molecular weight excluding hydrogens is 188 g/mol. The molecule has 15 heavy (non-hydrogen) atoms. The lowest BCUT2D eigenvalue weighted by atomic mass is 10.00. The molecule has 0 unspecified atom stereocenters. The quantitative estimate of drug-likeness (QED) is 0.818. The summed E-state index contributed by atoms with van der Waals surface area (Å²) in [6.07, 6.45) is 3.96. The number of hydrogen-bond donors (Lipinski definition) is 1. The van der Waals surface area contributed by atoms with Crippen molar-refractivity contribution in [2.24, 2.45) is 0 Å². The fraction of sp³-hybridized carbons (Fsp3) is 0.308. The number of rotatable bonds is 3. The van der Waals surface area contributed by atoms with Crippen molar-refractivity contribution in [2.45, 2.75) is 26.2 Å². The van der Waals surface area contributed by atoms with Gasteiger partial charge in [-0.2, -0.15) is 0 Å². The number of benzene rings is 1. The highest BCUT2D eigenvalue weighted by Crippen LogP contribution is 2.31. The lowest BCUT2D eigenvalue weighted by Crippen LogP contribution is -1.95. The van der Waals surface area contributed by atoms with Crippen molar-refractivity contribution in [3.63, 3.8) is 0 Å². The van der Waals surface area contributed by atoms with E-state index in [1.807, 2.05) is 0 Å². The Balaban J connectivity index is 2.19. The third kappa shape index (κ3) is 2.09. The van der Waals surface area contributed by atoms with Gasteiger partial charge < -0.3 is 5.11 Å². The van der Waals surface area contributed by atoms with Gasteiger partial charge >= 0.3 is 5.97 Å². The molecule has 0 saturated heterocycles. The molecule has 0 heterocycles. The Bertz CT molecular complexity index is 430. The summed E-state index contributed by atoms with van der Waals surface area (Å²) >= 11 is 0. The van der Waals surface area contributed by atoms with Crippen LogP contribution in [0.4, 0.5) is 0 Å². The molecule has 0 amide bonds. The van der Waals surface area contributed by atoms with Crippen molar-refractivity contribution in [1.82, 2.24) is 0 Å². The SMILES string of the molecule is Cc1ccc2c(c1)C(CCC(=O)O)=CC2. The number of fused-ring (bicyclic) bond motifs is 1. The molecule has 1 aliphatic carbocycles. The second-order valence-electron chi connectivity index (χ2n) is 3.99. The van der Waals surface area contributed by atoms with Gasteiger partial charge in [0.25, 0.3) is 0 Å². The maximum Gasteiger partial charge on any atom is 0.303 e. The van der Waals surface area contributed by atoms with Gasteiger partial charge in [0.05, 0.1) is 0 Å². The predicted molar refractivity (Wildman–Crippen MR) is 59.7 cm³/mol. The summed E-state index contributed by atoms with van der Waals surface area (Å²) in [5.41, 5.74) is 4.99. The highest BCUT2D eigenvalue weighted by Gasteiger charge is 2.14. The first-order valence-electron chi connectivity index (χ1n) is 5.17. The van der Waals surface area contributed by atoms with E-state index in [4.69, 9.17) is 5.11 Å². The summed E-state index contributed by atoms with van der Waals surface area (Å²) in [5.74, 6) is -0.725. The minimum atomic E-state index is -0.725. The summed E-state index contributed by atoms with van der Waals surface area (Å²) in [4.78, 5) is 10.5. The number of aliphatic carboxylic acids is 1. The van der Waals surface area contributed by atoms with Crippen LogP contribution in [-0.4, -0.2) is 11.1 Å². The van der Waals surface area contributed by atoms with E-state index >= 15 is 0 Å². The van der Waals surface area contributed by atoms with Crippen LogP contribution in [0.3, 0.4) is 0 Å². The lowest BCUT2D eigenvalue weighted by Gasteiger charge is -2.05. The molecule has 2 nitrogen and oxygen atoms in total. The minimum Gasteiger partial charge on any atom is -0.481 e. The zero-order chi connectivity index (χ0) is 10.8. The van der Waals surface area contributed by atoms with E-state index < -0.39 is 5.97 Å². The molecule has 0 atom stereocenters. The molecule has 1 N–H and O–H groups in total. The molecule has 0 spiro atoms. The Labute approximate surface area is 89.2 Å². The molecule has 0 bridgehead atoms. The Kier molecular flexibility index (Phi) is 2.58. The van der Waals surface area contributed by atoms with E-state index in [1.54, 1.807) is 0 Å². The molecule has 1 aromatic carbocycles. The van der Waals surface area contributed by atoms with Crippen molar-refractivity contribution in [3.8, 4) is 0 Å². The highest BCUT2D eigenvalue weighted by molar-refractivity contribution is 5.77. The number of hydrogen-bond acceptors (Lipinski definition) is 1. The van der Waals surface area contributed by atoms with Gasteiger partial charge in [0.2, 0.25) is 0 Å². The monoisotopic (exact) mass is 202 g/mol. The number of carboxylic acid groups (broad SMARTS) is 1. The Morgan fingerprint density at radius 2 is 2.27 bits per heavy atom. The molecule has 0 fully saturated rings. The molecule has 0 saturated carbocycles. The van der Waals surface area contributed by atoms with Gasteiger partial charge in [-0.1, -0.05) is 29.8 Å². The second-order valence-corrected chi connectivity index (χ2v) is 3.99. The fourth-order valence-corrected chi connectivity index (χ4v) is 1.99. The van der Waals surface area contributed by atoms with Crippen LogP contribution in [0, 0.1) is 6.92 Å². The summed E-state index contributed by atoms with van der Waals surface area (Å²) in [5, 5.41) is 8.65. The smallest absolute Gasteiger partial charge is 0.303 e. The third-order valence-electron chi connectivity index (χ3n) is 2.79. The average Bonchev–Trinajstić information content (AvgIpc) is 2.57. The molecule has 2 heteroatoms. The molecule has 0 radical (unpaired) electrons. The van der Waals surface area contributed by atoms with Gasteiger partial charge in [0.15, 0.2) is 0 Å². The van der Waals surface area contributed by atoms with Crippen LogP contribution in [0.15, 0.2) is 24.3 Å². The van der Waals surface area contributed by atoms with E-state index in [9.17, 15) is 4.79 Å². The zero-order valence-electron chi connectivity index (χ0n) is 8.79. The van der Waals surface area contributed by atoms with Crippen LogP contribution in [0.25, 0.3) is 5.57 Å². The Hall–Kier alpha value is -1.57. The van der Waals surface area contributed by atoms with Crippen molar-refractivity contribution in [2.75, 3.05) is 0 Å². The molecule has 1 aromatic rings. The van der Waals surface area contributed by atoms with Crippen LogP contribution >= 0.6 is 0 Å². The van der Waals surface area contributed by atoms with Crippen molar-refractivity contribution >= 4 is 11.5 Å². The number of carboxylic acids is 1. The normalized spacial score (nSPS) is 13.5. The van der Waals surface area contributed by atoms with E-state index in [2.05, 4.69) is 31.2 Å². The summed E-state index contributed by atoms with van der Waals surface area (Å²) in [6, 6.07) is 6.39. The van der Waals surface area contributed by atoms with E-state index in [0.29, 0.717) is 6.42 Å². The molecular formula is C13H14O2. The summed E-state index contributed by atoms with van der Waals surface area (Å²) < 4.78 is 0. The predicted octanol–water partition coefficient (Wildman–Crippen LogP) is 2.80. The van der Waals surface area contributed by atoms with Gasteiger partial charge in [-0.05, 0) is 36.5 Å².